The minimum atomic E-state index is -1.03. The van der Waals surface area contributed by atoms with Gasteiger partial charge in [-0.3, -0.25) is 0 Å². The normalized spacial score (nSPS) is 13.7. The molecule has 0 spiro atoms. The molecule has 2 aromatic carbocycles. The van der Waals surface area contributed by atoms with Gasteiger partial charge in [-0.05, 0) is 42.3 Å². The Labute approximate surface area is 131 Å². The number of halogens is 1. The van der Waals surface area contributed by atoms with E-state index in [2.05, 4.69) is 34.5 Å². The number of hydrogen-bond acceptors (Lipinski definition) is 3. The van der Waals surface area contributed by atoms with Gasteiger partial charge in [0.15, 0.2) is 0 Å². The monoisotopic (exact) mass is 302 g/mol. The number of nitrogens with zero attached hydrogens (tertiary/aromatic N) is 1. The highest BCUT2D eigenvalue weighted by Crippen LogP contribution is 2.20. The van der Waals surface area contributed by atoms with Crippen molar-refractivity contribution in [2.75, 3.05) is 25.5 Å². The molecule has 4 heteroatoms. The lowest BCUT2D eigenvalue weighted by molar-refractivity contribution is 0.0566. The van der Waals surface area contributed by atoms with E-state index >= 15 is 0 Å². The van der Waals surface area contributed by atoms with Crippen molar-refractivity contribution in [3.05, 3.63) is 65.5 Å². The quantitative estimate of drug-likeness (QED) is 0.861. The van der Waals surface area contributed by atoms with E-state index in [-0.39, 0.29) is 5.82 Å². The zero-order chi connectivity index (χ0) is 16.2. The van der Waals surface area contributed by atoms with E-state index in [0.29, 0.717) is 18.7 Å². The summed E-state index contributed by atoms with van der Waals surface area (Å²) in [7, 11) is 4.01. The first-order chi connectivity index (χ1) is 10.4. The van der Waals surface area contributed by atoms with E-state index in [0.717, 1.165) is 11.3 Å². The molecule has 0 aliphatic carbocycles. The highest BCUT2D eigenvalue weighted by atomic mass is 19.1. The van der Waals surface area contributed by atoms with Gasteiger partial charge in [0.1, 0.15) is 5.82 Å². The molecule has 2 rings (SSSR count). The first-order valence-corrected chi connectivity index (χ1v) is 7.34. The van der Waals surface area contributed by atoms with Crippen molar-refractivity contribution >= 4 is 5.69 Å². The van der Waals surface area contributed by atoms with Crippen LogP contribution in [0.2, 0.25) is 0 Å². The molecule has 0 saturated heterocycles. The fourth-order valence-corrected chi connectivity index (χ4v) is 2.27. The lowest BCUT2D eigenvalue weighted by atomic mass is 9.96. The molecule has 0 aliphatic rings. The third kappa shape index (κ3) is 4.29. The molecule has 2 N–H and O–H groups in total. The zero-order valence-electron chi connectivity index (χ0n) is 13.3. The molecule has 0 radical (unpaired) electrons. The summed E-state index contributed by atoms with van der Waals surface area (Å²) in [6, 6.07) is 14.2. The van der Waals surface area contributed by atoms with Crippen LogP contribution in [0.15, 0.2) is 48.5 Å². The van der Waals surface area contributed by atoms with Crippen molar-refractivity contribution in [3.8, 4) is 0 Å². The smallest absolute Gasteiger partial charge is 0.123 e. The summed E-state index contributed by atoms with van der Waals surface area (Å²) in [5.41, 5.74) is 1.98. The molecule has 0 saturated carbocycles. The minimum absolute atomic E-state index is 0.298. The average Bonchev–Trinajstić information content (AvgIpc) is 2.48. The summed E-state index contributed by atoms with van der Waals surface area (Å²) in [5, 5.41) is 13.7. The largest absolute Gasteiger partial charge is 0.384 e. The number of benzene rings is 2. The van der Waals surface area contributed by atoms with Gasteiger partial charge in [0.05, 0.1) is 5.60 Å². The van der Waals surface area contributed by atoms with Gasteiger partial charge in [-0.25, -0.2) is 4.39 Å². The van der Waals surface area contributed by atoms with E-state index in [1.165, 1.54) is 12.1 Å². The fourth-order valence-electron chi connectivity index (χ4n) is 2.27. The van der Waals surface area contributed by atoms with E-state index in [4.69, 9.17) is 0 Å². The summed E-state index contributed by atoms with van der Waals surface area (Å²) in [6.45, 7) is 2.79. The highest BCUT2D eigenvalue weighted by Gasteiger charge is 2.22. The Balaban J connectivity index is 1.90. The van der Waals surface area contributed by atoms with Crippen molar-refractivity contribution in [1.82, 2.24) is 5.32 Å². The Morgan fingerprint density at radius 3 is 2.18 bits per heavy atom. The van der Waals surface area contributed by atoms with Crippen LogP contribution < -0.4 is 10.2 Å². The molecule has 22 heavy (non-hydrogen) atoms. The van der Waals surface area contributed by atoms with Gasteiger partial charge in [-0.15, -0.1) is 0 Å². The lowest BCUT2D eigenvalue weighted by Crippen LogP contribution is -2.35. The molecule has 118 valence electrons. The van der Waals surface area contributed by atoms with Gasteiger partial charge in [-0.1, -0.05) is 24.3 Å². The van der Waals surface area contributed by atoms with Crippen LogP contribution in [-0.4, -0.2) is 25.7 Å². The van der Waals surface area contributed by atoms with Crippen LogP contribution in [0.25, 0.3) is 0 Å². The standard InChI is InChI=1S/C18H23FN2O/c1-18(22,15-6-8-16(19)9-7-15)13-20-12-14-4-10-17(11-5-14)21(2)3/h4-11,20,22H,12-13H2,1-3H3. The SMILES string of the molecule is CN(C)c1ccc(CNCC(C)(O)c2ccc(F)cc2)cc1. The fraction of sp³-hybridized carbons (Fsp3) is 0.333. The van der Waals surface area contributed by atoms with Crippen LogP contribution >= 0.6 is 0 Å². The van der Waals surface area contributed by atoms with Crippen LogP contribution in [0.3, 0.4) is 0 Å². The molecular weight excluding hydrogens is 279 g/mol. The van der Waals surface area contributed by atoms with E-state index in [9.17, 15) is 9.50 Å². The van der Waals surface area contributed by atoms with Gasteiger partial charge in [0, 0.05) is 32.9 Å². The molecule has 3 nitrogen and oxygen atoms in total. The number of aliphatic hydroxyl groups is 1. The van der Waals surface area contributed by atoms with Gasteiger partial charge < -0.3 is 15.3 Å². The molecule has 0 amide bonds. The maximum absolute atomic E-state index is 12.9. The van der Waals surface area contributed by atoms with Crippen molar-refractivity contribution in [2.24, 2.45) is 0 Å². The summed E-state index contributed by atoms with van der Waals surface area (Å²) in [4.78, 5) is 2.05. The van der Waals surface area contributed by atoms with Crippen molar-refractivity contribution in [3.63, 3.8) is 0 Å². The van der Waals surface area contributed by atoms with Gasteiger partial charge in [0.2, 0.25) is 0 Å². The second kappa shape index (κ2) is 6.90. The Bertz CT molecular complexity index is 591. The molecule has 0 bridgehead atoms. The molecule has 0 aliphatic heterocycles. The number of nitrogens with one attached hydrogen (secondary N) is 1. The first kappa shape index (κ1) is 16.5. The Morgan fingerprint density at radius 2 is 1.64 bits per heavy atom. The predicted molar refractivity (Wildman–Crippen MR) is 88.4 cm³/mol. The number of anilines is 1. The molecular formula is C18H23FN2O. The van der Waals surface area contributed by atoms with E-state index in [1.54, 1.807) is 19.1 Å². The van der Waals surface area contributed by atoms with Crippen LogP contribution in [0.4, 0.5) is 10.1 Å². The third-order valence-corrected chi connectivity index (χ3v) is 3.72. The topological polar surface area (TPSA) is 35.5 Å². The van der Waals surface area contributed by atoms with Crippen molar-refractivity contribution < 1.29 is 9.50 Å². The third-order valence-electron chi connectivity index (χ3n) is 3.72. The van der Waals surface area contributed by atoms with Crippen molar-refractivity contribution in [1.29, 1.82) is 0 Å². The van der Waals surface area contributed by atoms with Crippen LogP contribution in [0.5, 0.6) is 0 Å². The van der Waals surface area contributed by atoms with Crippen LogP contribution in [0.1, 0.15) is 18.1 Å². The molecule has 0 fully saturated rings. The Kier molecular flexibility index (Phi) is 5.16. The summed E-state index contributed by atoms with van der Waals surface area (Å²) >= 11 is 0. The molecule has 0 aromatic heterocycles. The Morgan fingerprint density at radius 1 is 1.05 bits per heavy atom. The van der Waals surface area contributed by atoms with E-state index < -0.39 is 5.60 Å². The minimum Gasteiger partial charge on any atom is -0.384 e. The molecule has 2 aromatic rings. The summed E-state index contributed by atoms with van der Waals surface area (Å²) in [6.07, 6.45) is 0. The van der Waals surface area contributed by atoms with Crippen LogP contribution in [-0.2, 0) is 12.1 Å². The molecule has 1 atom stereocenters. The van der Waals surface area contributed by atoms with Gasteiger partial charge >= 0.3 is 0 Å². The second-order valence-electron chi connectivity index (χ2n) is 5.95. The van der Waals surface area contributed by atoms with E-state index in [1.807, 2.05) is 14.1 Å². The number of hydrogen-bond donors (Lipinski definition) is 2. The average molecular weight is 302 g/mol. The summed E-state index contributed by atoms with van der Waals surface area (Å²) in [5.74, 6) is -0.298. The maximum Gasteiger partial charge on any atom is 0.123 e. The molecule has 1 unspecified atom stereocenters. The maximum atomic E-state index is 12.9. The van der Waals surface area contributed by atoms with Crippen LogP contribution in [0, 0.1) is 5.82 Å². The predicted octanol–water partition coefficient (Wildman–Crippen LogP) is 2.89. The summed E-state index contributed by atoms with van der Waals surface area (Å²) < 4.78 is 12.9. The zero-order valence-corrected chi connectivity index (χ0v) is 13.3. The Hall–Kier alpha value is -1.91. The molecule has 0 heterocycles. The first-order valence-electron chi connectivity index (χ1n) is 7.34. The van der Waals surface area contributed by atoms with Gasteiger partial charge in [0.25, 0.3) is 0 Å². The van der Waals surface area contributed by atoms with Gasteiger partial charge in [-0.2, -0.15) is 0 Å². The number of rotatable bonds is 6. The highest BCUT2D eigenvalue weighted by molar-refractivity contribution is 5.45. The lowest BCUT2D eigenvalue weighted by Gasteiger charge is -2.24. The van der Waals surface area contributed by atoms with Crippen molar-refractivity contribution in [2.45, 2.75) is 19.1 Å². The second-order valence-corrected chi connectivity index (χ2v) is 5.95.